The van der Waals surface area contributed by atoms with Gasteiger partial charge in [0.05, 0.1) is 17.6 Å². The second-order valence-electron chi connectivity index (χ2n) is 3.79. The van der Waals surface area contributed by atoms with Crippen molar-refractivity contribution in [2.45, 2.75) is 6.18 Å². The fourth-order valence-electron chi connectivity index (χ4n) is 1.42. The first-order valence-electron chi connectivity index (χ1n) is 5.21. The van der Waals surface area contributed by atoms with E-state index in [0.717, 1.165) is 12.3 Å². The van der Waals surface area contributed by atoms with E-state index in [1.165, 1.54) is 6.07 Å². The van der Waals surface area contributed by atoms with Crippen molar-refractivity contribution in [3.63, 3.8) is 0 Å². The molecule has 0 aliphatic rings. The highest BCUT2D eigenvalue weighted by Crippen LogP contribution is 2.30. The number of alkyl halides is 3. The van der Waals surface area contributed by atoms with E-state index in [1.807, 2.05) is 0 Å². The first kappa shape index (κ1) is 13.7. The molecule has 0 saturated carbocycles. The first-order chi connectivity index (χ1) is 8.86. The van der Waals surface area contributed by atoms with E-state index in [0.29, 0.717) is 21.5 Å². The van der Waals surface area contributed by atoms with E-state index in [1.54, 1.807) is 18.2 Å². The van der Waals surface area contributed by atoms with Crippen LogP contribution in [0.5, 0.6) is 0 Å². The highest BCUT2D eigenvalue weighted by molar-refractivity contribution is 9.10. The van der Waals surface area contributed by atoms with Crippen LogP contribution in [0.1, 0.15) is 5.69 Å². The number of pyridine rings is 1. The molecular formula is C12H9BrF3N3. The van der Waals surface area contributed by atoms with Crippen LogP contribution >= 0.6 is 15.9 Å². The summed E-state index contributed by atoms with van der Waals surface area (Å²) in [5.74, 6) is 0. The van der Waals surface area contributed by atoms with Crippen LogP contribution in [-0.4, -0.2) is 4.98 Å². The van der Waals surface area contributed by atoms with Crippen LogP contribution in [0.2, 0.25) is 0 Å². The summed E-state index contributed by atoms with van der Waals surface area (Å²) in [6.45, 7) is 0. The molecule has 0 bridgehead atoms. The molecule has 0 amide bonds. The van der Waals surface area contributed by atoms with Gasteiger partial charge in [-0.1, -0.05) is 0 Å². The second-order valence-corrected chi connectivity index (χ2v) is 4.65. The molecule has 0 atom stereocenters. The summed E-state index contributed by atoms with van der Waals surface area (Å²) in [5.41, 5.74) is 6.41. The molecule has 100 valence electrons. The van der Waals surface area contributed by atoms with Crippen molar-refractivity contribution in [1.82, 2.24) is 4.98 Å². The SMILES string of the molecule is Nc1ccc(Nc2ccc(C(F)(F)F)nc2)c(Br)c1. The number of hydrogen-bond acceptors (Lipinski definition) is 3. The normalized spacial score (nSPS) is 11.4. The van der Waals surface area contributed by atoms with Crippen molar-refractivity contribution in [1.29, 1.82) is 0 Å². The molecule has 0 unspecified atom stereocenters. The molecule has 0 radical (unpaired) electrons. The lowest BCUT2D eigenvalue weighted by atomic mass is 10.2. The third-order valence-corrected chi connectivity index (χ3v) is 2.98. The molecule has 1 aromatic heterocycles. The lowest BCUT2D eigenvalue weighted by Crippen LogP contribution is -2.07. The van der Waals surface area contributed by atoms with Crippen LogP contribution in [0.4, 0.5) is 30.2 Å². The number of aromatic nitrogens is 1. The fourth-order valence-corrected chi connectivity index (χ4v) is 1.92. The van der Waals surface area contributed by atoms with Gasteiger partial charge in [-0.15, -0.1) is 0 Å². The Morgan fingerprint density at radius 3 is 2.42 bits per heavy atom. The third kappa shape index (κ3) is 3.37. The van der Waals surface area contributed by atoms with Gasteiger partial charge in [0.15, 0.2) is 0 Å². The summed E-state index contributed by atoms with van der Waals surface area (Å²) in [7, 11) is 0. The van der Waals surface area contributed by atoms with E-state index in [9.17, 15) is 13.2 Å². The smallest absolute Gasteiger partial charge is 0.399 e. The summed E-state index contributed by atoms with van der Waals surface area (Å²) < 4.78 is 37.8. The van der Waals surface area contributed by atoms with Gasteiger partial charge >= 0.3 is 6.18 Å². The molecule has 3 N–H and O–H groups in total. The van der Waals surface area contributed by atoms with Crippen molar-refractivity contribution in [3.05, 3.63) is 46.7 Å². The van der Waals surface area contributed by atoms with E-state index < -0.39 is 11.9 Å². The second kappa shape index (κ2) is 5.08. The number of benzene rings is 1. The molecule has 0 spiro atoms. The van der Waals surface area contributed by atoms with Crippen LogP contribution in [-0.2, 0) is 6.18 Å². The largest absolute Gasteiger partial charge is 0.433 e. The number of hydrogen-bond donors (Lipinski definition) is 2. The Labute approximate surface area is 115 Å². The average Bonchev–Trinajstić information content (AvgIpc) is 2.32. The summed E-state index contributed by atoms with van der Waals surface area (Å²) >= 11 is 3.31. The molecule has 2 aromatic rings. The maximum Gasteiger partial charge on any atom is 0.433 e. The predicted molar refractivity (Wildman–Crippen MR) is 71.1 cm³/mol. The van der Waals surface area contributed by atoms with Gasteiger partial charge in [0.1, 0.15) is 5.69 Å². The van der Waals surface area contributed by atoms with Gasteiger partial charge in [-0.25, -0.2) is 4.98 Å². The number of nitrogens with two attached hydrogens (primary N) is 1. The number of halogens is 4. The Bertz CT molecular complexity index is 582. The molecule has 1 aromatic carbocycles. The van der Waals surface area contributed by atoms with Crippen molar-refractivity contribution in [3.8, 4) is 0 Å². The molecular weight excluding hydrogens is 323 g/mol. The number of anilines is 3. The minimum absolute atomic E-state index is 0.457. The van der Waals surface area contributed by atoms with E-state index >= 15 is 0 Å². The number of rotatable bonds is 2. The zero-order valence-electron chi connectivity index (χ0n) is 9.50. The van der Waals surface area contributed by atoms with E-state index in [4.69, 9.17) is 5.73 Å². The van der Waals surface area contributed by atoms with Crippen LogP contribution in [0.3, 0.4) is 0 Å². The average molecular weight is 332 g/mol. The van der Waals surface area contributed by atoms with Crippen molar-refractivity contribution >= 4 is 33.0 Å². The van der Waals surface area contributed by atoms with Gasteiger partial charge in [0.25, 0.3) is 0 Å². The number of nitrogens with zero attached hydrogens (tertiary/aromatic N) is 1. The summed E-state index contributed by atoms with van der Waals surface area (Å²) in [6, 6.07) is 7.34. The van der Waals surface area contributed by atoms with Crippen LogP contribution < -0.4 is 11.1 Å². The zero-order valence-corrected chi connectivity index (χ0v) is 11.1. The molecule has 3 nitrogen and oxygen atoms in total. The minimum Gasteiger partial charge on any atom is -0.399 e. The highest BCUT2D eigenvalue weighted by Gasteiger charge is 2.31. The highest BCUT2D eigenvalue weighted by atomic mass is 79.9. The van der Waals surface area contributed by atoms with Crippen molar-refractivity contribution in [2.24, 2.45) is 0 Å². The molecule has 0 fully saturated rings. The van der Waals surface area contributed by atoms with Gasteiger partial charge in [-0.2, -0.15) is 13.2 Å². The van der Waals surface area contributed by atoms with E-state index in [2.05, 4.69) is 26.2 Å². The molecule has 7 heteroatoms. The zero-order chi connectivity index (χ0) is 14.0. The van der Waals surface area contributed by atoms with Gasteiger partial charge in [0.2, 0.25) is 0 Å². The molecule has 1 heterocycles. The molecule has 0 saturated heterocycles. The topological polar surface area (TPSA) is 50.9 Å². The monoisotopic (exact) mass is 331 g/mol. The van der Waals surface area contributed by atoms with Crippen LogP contribution in [0, 0.1) is 0 Å². The maximum absolute atomic E-state index is 12.4. The Morgan fingerprint density at radius 1 is 1.16 bits per heavy atom. The molecule has 19 heavy (non-hydrogen) atoms. The Hall–Kier alpha value is -1.76. The van der Waals surface area contributed by atoms with Crippen LogP contribution in [0.15, 0.2) is 41.0 Å². The third-order valence-electron chi connectivity index (χ3n) is 2.33. The van der Waals surface area contributed by atoms with Gasteiger partial charge < -0.3 is 11.1 Å². The minimum atomic E-state index is -4.43. The van der Waals surface area contributed by atoms with Crippen molar-refractivity contribution in [2.75, 3.05) is 11.1 Å². The Kier molecular flexibility index (Phi) is 3.66. The molecule has 0 aliphatic carbocycles. The van der Waals surface area contributed by atoms with E-state index in [-0.39, 0.29) is 0 Å². The number of nitrogens with one attached hydrogen (secondary N) is 1. The van der Waals surface area contributed by atoms with Gasteiger partial charge in [-0.05, 0) is 46.3 Å². The molecule has 2 rings (SSSR count). The van der Waals surface area contributed by atoms with Crippen LogP contribution in [0.25, 0.3) is 0 Å². The predicted octanol–water partition coefficient (Wildman–Crippen LogP) is 4.19. The Balaban J connectivity index is 2.20. The molecule has 0 aliphatic heterocycles. The maximum atomic E-state index is 12.4. The standard InChI is InChI=1S/C12H9BrF3N3/c13-9-5-7(17)1-3-10(9)19-8-2-4-11(18-6-8)12(14,15)16/h1-6,19H,17H2. The first-order valence-corrected chi connectivity index (χ1v) is 6.01. The summed E-state index contributed by atoms with van der Waals surface area (Å²) in [5, 5.41) is 2.95. The van der Waals surface area contributed by atoms with Crippen molar-refractivity contribution < 1.29 is 13.2 Å². The summed E-state index contributed by atoms with van der Waals surface area (Å²) in [4.78, 5) is 3.37. The lowest BCUT2D eigenvalue weighted by molar-refractivity contribution is -0.141. The summed E-state index contributed by atoms with van der Waals surface area (Å²) in [6.07, 6.45) is -3.30. The Morgan fingerprint density at radius 2 is 1.89 bits per heavy atom. The quantitative estimate of drug-likeness (QED) is 0.811. The lowest BCUT2D eigenvalue weighted by Gasteiger charge is -2.10. The fraction of sp³-hybridized carbons (Fsp3) is 0.0833. The van der Waals surface area contributed by atoms with Gasteiger partial charge in [-0.3, -0.25) is 0 Å². The van der Waals surface area contributed by atoms with Gasteiger partial charge in [0, 0.05) is 10.2 Å². The number of nitrogen functional groups attached to an aromatic ring is 1.